The second-order valence-corrected chi connectivity index (χ2v) is 4.58. The number of hydrogen-bond donors (Lipinski definition) is 0. The van der Waals surface area contributed by atoms with Gasteiger partial charge in [-0.2, -0.15) is 5.26 Å². The van der Waals surface area contributed by atoms with Gasteiger partial charge in [-0.15, -0.1) is 0 Å². The van der Waals surface area contributed by atoms with E-state index in [1.165, 1.54) is 5.56 Å². The summed E-state index contributed by atoms with van der Waals surface area (Å²) >= 11 is 0. The third-order valence-electron chi connectivity index (χ3n) is 3.46. The van der Waals surface area contributed by atoms with Gasteiger partial charge in [0.05, 0.1) is 12.0 Å². The molecule has 1 aromatic rings. The van der Waals surface area contributed by atoms with Gasteiger partial charge in [-0.05, 0) is 11.5 Å². The third-order valence-corrected chi connectivity index (χ3v) is 3.46. The van der Waals surface area contributed by atoms with Crippen LogP contribution in [0.5, 0.6) is 0 Å². The second kappa shape index (κ2) is 5.14. The molecule has 0 N–H and O–H groups in total. The van der Waals surface area contributed by atoms with Crippen LogP contribution in [0.4, 0.5) is 0 Å². The molecule has 1 saturated heterocycles. The molecular formula is C14H18N2. The number of likely N-dealkylation sites (tertiary alicyclic amines) is 1. The first kappa shape index (κ1) is 11.2. The van der Waals surface area contributed by atoms with Crippen LogP contribution in [-0.4, -0.2) is 18.0 Å². The van der Waals surface area contributed by atoms with Crippen LogP contribution < -0.4 is 0 Å². The molecule has 0 saturated carbocycles. The lowest BCUT2D eigenvalue weighted by Gasteiger charge is -2.15. The van der Waals surface area contributed by atoms with Crippen molar-refractivity contribution in [3.05, 3.63) is 35.9 Å². The average Bonchev–Trinajstić information content (AvgIpc) is 2.72. The summed E-state index contributed by atoms with van der Waals surface area (Å²) in [5.41, 5.74) is 1.34. The largest absolute Gasteiger partial charge is 0.297 e. The van der Waals surface area contributed by atoms with Gasteiger partial charge in [0.2, 0.25) is 0 Å². The van der Waals surface area contributed by atoms with Gasteiger partial charge in [0.1, 0.15) is 0 Å². The Bertz CT molecular complexity index is 366. The van der Waals surface area contributed by atoms with E-state index in [4.69, 9.17) is 5.26 Å². The van der Waals surface area contributed by atoms with Crippen molar-refractivity contribution in [1.82, 2.24) is 4.90 Å². The number of hydrogen-bond acceptors (Lipinski definition) is 2. The van der Waals surface area contributed by atoms with Crippen molar-refractivity contribution < 1.29 is 0 Å². The zero-order valence-electron chi connectivity index (χ0n) is 9.76. The van der Waals surface area contributed by atoms with Crippen LogP contribution in [0, 0.1) is 23.2 Å². The Kier molecular flexibility index (Phi) is 3.58. The summed E-state index contributed by atoms with van der Waals surface area (Å²) in [6.07, 6.45) is 1.11. The predicted molar refractivity (Wildman–Crippen MR) is 64.6 cm³/mol. The molecule has 1 aromatic carbocycles. The molecule has 0 spiro atoms. The van der Waals surface area contributed by atoms with E-state index >= 15 is 0 Å². The Morgan fingerprint density at radius 2 is 2.06 bits per heavy atom. The van der Waals surface area contributed by atoms with Gasteiger partial charge in [0.15, 0.2) is 0 Å². The molecule has 1 fully saturated rings. The molecule has 0 aliphatic carbocycles. The molecule has 0 radical (unpaired) electrons. The van der Waals surface area contributed by atoms with E-state index in [1.807, 2.05) is 6.07 Å². The molecular weight excluding hydrogens is 196 g/mol. The molecule has 1 aliphatic rings. The van der Waals surface area contributed by atoms with Crippen molar-refractivity contribution in [3.8, 4) is 6.07 Å². The Morgan fingerprint density at radius 1 is 1.31 bits per heavy atom. The molecule has 1 aliphatic heterocycles. The number of nitrogens with zero attached hydrogens (tertiary/aromatic N) is 2. The highest BCUT2D eigenvalue weighted by atomic mass is 15.1. The quantitative estimate of drug-likeness (QED) is 0.773. The SMILES string of the molecule is CCC1CN(Cc2ccccc2)CC1C#N. The fourth-order valence-corrected chi connectivity index (χ4v) is 2.49. The van der Waals surface area contributed by atoms with Crippen LogP contribution in [0.2, 0.25) is 0 Å². The molecule has 2 atom stereocenters. The zero-order chi connectivity index (χ0) is 11.4. The molecule has 0 amide bonds. The standard InChI is InChI=1S/C14H18N2/c1-2-13-10-16(11-14(13)8-15)9-12-6-4-3-5-7-12/h3-7,13-14H,2,9-11H2,1H3. The minimum atomic E-state index is 0.230. The van der Waals surface area contributed by atoms with Crippen LogP contribution in [0.25, 0.3) is 0 Å². The van der Waals surface area contributed by atoms with E-state index in [1.54, 1.807) is 0 Å². The Hall–Kier alpha value is -1.33. The molecule has 2 rings (SSSR count). The maximum atomic E-state index is 9.07. The smallest absolute Gasteiger partial charge is 0.0672 e. The van der Waals surface area contributed by atoms with E-state index in [9.17, 15) is 0 Å². The van der Waals surface area contributed by atoms with Gasteiger partial charge < -0.3 is 0 Å². The lowest BCUT2D eigenvalue weighted by atomic mass is 9.95. The summed E-state index contributed by atoms with van der Waals surface area (Å²) < 4.78 is 0. The summed E-state index contributed by atoms with van der Waals surface area (Å²) in [5, 5.41) is 9.07. The van der Waals surface area contributed by atoms with E-state index in [-0.39, 0.29) is 5.92 Å². The molecule has 84 valence electrons. The van der Waals surface area contributed by atoms with Crippen molar-refractivity contribution in [2.75, 3.05) is 13.1 Å². The number of benzene rings is 1. The summed E-state index contributed by atoms with van der Waals surface area (Å²) in [5.74, 6) is 0.794. The first-order valence-corrected chi connectivity index (χ1v) is 5.99. The Balaban J connectivity index is 1.96. The van der Waals surface area contributed by atoms with E-state index in [2.05, 4.69) is 42.2 Å². The summed E-state index contributed by atoms with van der Waals surface area (Å²) in [7, 11) is 0. The molecule has 16 heavy (non-hydrogen) atoms. The van der Waals surface area contributed by atoms with Gasteiger partial charge in [0.25, 0.3) is 0 Å². The topological polar surface area (TPSA) is 27.0 Å². The van der Waals surface area contributed by atoms with Crippen molar-refractivity contribution in [2.45, 2.75) is 19.9 Å². The lowest BCUT2D eigenvalue weighted by Crippen LogP contribution is -2.20. The van der Waals surface area contributed by atoms with Gasteiger partial charge in [-0.1, -0.05) is 43.7 Å². The lowest BCUT2D eigenvalue weighted by molar-refractivity contribution is 0.314. The molecule has 0 bridgehead atoms. The maximum Gasteiger partial charge on any atom is 0.0672 e. The maximum absolute atomic E-state index is 9.07. The Labute approximate surface area is 97.5 Å². The minimum absolute atomic E-state index is 0.230. The summed E-state index contributed by atoms with van der Waals surface area (Å²) in [6.45, 7) is 5.17. The molecule has 2 nitrogen and oxygen atoms in total. The van der Waals surface area contributed by atoms with E-state index in [0.717, 1.165) is 26.1 Å². The average molecular weight is 214 g/mol. The van der Waals surface area contributed by atoms with Crippen molar-refractivity contribution in [1.29, 1.82) is 5.26 Å². The fourth-order valence-electron chi connectivity index (χ4n) is 2.49. The first-order chi connectivity index (χ1) is 7.83. The van der Waals surface area contributed by atoms with E-state index < -0.39 is 0 Å². The summed E-state index contributed by atoms with van der Waals surface area (Å²) in [6, 6.07) is 12.9. The van der Waals surface area contributed by atoms with Gasteiger partial charge in [-0.25, -0.2) is 0 Å². The minimum Gasteiger partial charge on any atom is -0.297 e. The second-order valence-electron chi connectivity index (χ2n) is 4.58. The highest BCUT2D eigenvalue weighted by Crippen LogP contribution is 2.26. The summed E-state index contributed by atoms with van der Waals surface area (Å²) in [4.78, 5) is 2.40. The molecule has 2 unspecified atom stereocenters. The van der Waals surface area contributed by atoms with E-state index in [0.29, 0.717) is 5.92 Å². The number of rotatable bonds is 3. The van der Waals surface area contributed by atoms with Crippen LogP contribution in [0.1, 0.15) is 18.9 Å². The van der Waals surface area contributed by atoms with Crippen LogP contribution in [0.15, 0.2) is 30.3 Å². The van der Waals surface area contributed by atoms with Crippen molar-refractivity contribution >= 4 is 0 Å². The number of nitriles is 1. The Morgan fingerprint density at radius 3 is 2.62 bits per heavy atom. The zero-order valence-corrected chi connectivity index (χ0v) is 9.76. The highest BCUT2D eigenvalue weighted by molar-refractivity contribution is 5.15. The van der Waals surface area contributed by atoms with Gasteiger partial charge >= 0.3 is 0 Å². The van der Waals surface area contributed by atoms with Crippen molar-refractivity contribution in [2.24, 2.45) is 11.8 Å². The van der Waals surface area contributed by atoms with Crippen LogP contribution >= 0.6 is 0 Å². The third kappa shape index (κ3) is 2.43. The molecule has 0 aromatic heterocycles. The van der Waals surface area contributed by atoms with Gasteiger partial charge in [-0.3, -0.25) is 4.90 Å². The van der Waals surface area contributed by atoms with Gasteiger partial charge in [0, 0.05) is 19.6 Å². The predicted octanol–water partition coefficient (Wildman–Crippen LogP) is 2.67. The molecule has 2 heteroatoms. The van der Waals surface area contributed by atoms with Crippen LogP contribution in [0.3, 0.4) is 0 Å². The normalized spacial score (nSPS) is 25.5. The van der Waals surface area contributed by atoms with Crippen LogP contribution in [-0.2, 0) is 6.54 Å². The monoisotopic (exact) mass is 214 g/mol. The fraction of sp³-hybridized carbons (Fsp3) is 0.500. The highest BCUT2D eigenvalue weighted by Gasteiger charge is 2.31. The molecule has 1 heterocycles. The van der Waals surface area contributed by atoms with Crippen molar-refractivity contribution in [3.63, 3.8) is 0 Å². The first-order valence-electron chi connectivity index (χ1n) is 5.99.